The van der Waals surface area contributed by atoms with E-state index in [9.17, 15) is 13.2 Å². The molecule has 0 radical (unpaired) electrons. The Bertz CT molecular complexity index is 1670. The Balaban J connectivity index is 1.75. The molecule has 12 nitrogen and oxygen atoms in total. The maximum atomic E-state index is 12.2. The summed E-state index contributed by atoms with van der Waals surface area (Å²) in [6.45, 7) is 5.06. The average molecular weight is 565 g/mol. The van der Waals surface area contributed by atoms with Gasteiger partial charge in [-0.2, -0.15) is 4.98 Å². The topological polar surface area (TPSA) is 148 Å². The third kappa shape index (κ3) is 6.22. The van der Waals surface area contributed by atoms with E-state index in [1.165, 1.54) is 12.3 Å². The molecular formula is C27H32N8O4S. The first kappa shape index (κ1) is 28.5. The van der Waals surface area contributed by atoms with Crippen LogP contribution >= 0.6 is 0 Å². The van der Waals surface area contributed by atoms with Crippen molar-refractivity contribution in [2.75, 3.05) is 56.9 Å². The lowest BCUT2D eigenvalue weighted by molar-refractivity contribution is -0.111. The standard InChI is InChI=1S/C27H32N8O4S/c1-6-26(36)30-19-15-20(23(39-5)16-22(19)34(4)14-13-33(2)3)31-27-29-12-11-25(32-27)35-17-24(40(28,37)38)18-9-7-8-10-21(18)35/h6-12,15-17H,1,13-14H2,2-5H3,(H,30,36)(H2,28,37,38)(H,29,31,32). The Morgan fingerprint density at radius 1 is 1.15 bits per heavy atom. The first-order valence-corrected chi connectivity index (χ1v) is 13.8. The largest absolute Gasteiger partial charge is 0.494 e. The maximum Gasteiger partial charge on any atom is 0.247 e. The molecule has 4 N–H and O–H groups in total. The third-order valence-corrected chi connectivity index (χ3v) is 7.11. The van der Waals surface area contributed by atoms with Crippen LogP contribution in [0.1, 0.15) is 0 Å². The van der Waals surface area contributed by atoms with Crippen molar-refractivity contribution in [2.45, 2.75) is 4.90 Å². The van der Waals surface area contributed by atoms with Gasteiger partial charge in [-0.3, -0.25) is 9.36 Å². The van der Waals surface area contributed by atoms with Crippen molar-refractivity contribution in [1.82, 2.24) is 19.4 Å². The highest BCUT2D eigenvalue weighted by atomic mass is 32.2. The van der Waals surface area contributed by atoms with Gasteiger partial charge in [0, 0.05) is 44.0 Å². The summed E-state index contributed by atoms with van der Waals surface area (Å²) in [6.07, 6.45) is 4.19. The molecule has 1 amide bonds. The lowest BCUT2D eigenvalue weighted by Gasteiger charge is -2.26. The highest BCUT2D eigenvalue weighted by Gasteiger charge is 2.20. The quantitative estimate of drug-likeness (QED) is 0.234. The van der Waals surface area contributed by atoms with Crippen molar-refractivity contribution >= 4 is 49.8 Å². The van der Waals surface area contributed by atoms with E-state index < -0.39 is 10.0 Å². The van der Waals surface area contributed by atoms with Crippen LogP contribution in [0.25, 0.3) is 16.7 Å². The molecular weight excluding hydrogens is 532 g/mol. The molecule has 0 aliphatic carbocycles. The van der Waals surface area contributed by atoms with Gasteiger partial charge < -0.3 is 25.2 Å². The number of rotatable bonds is 11. The van der Waals surface area contributed by atoms with E-state index in [1.54, 1.807) is 54.3 Å². The van der Waals surface area contributed by atoms with Crippen LogP contribution < -0.4 is 25.4 Å². The number of anilines is 4. The molecule has 2 aromatic heterocycles. The van der Waals surface area contributed by atoms with Gasteiger partial charge in [-0.05, 0) is 38.4 Å². The molecule has 0 aliphatic rings. The van der Waals surface area contributed by atoms with Crippen molar-refractivity contribution in [1.29, 1.82) is 0 Å². The summed E-state index contributed by atoms with van der Waals surface area (Å²) in [5.74, 6) is 0.783. The monoisotopic (exact) mass is 564 g/mol. The van der Waals surface area contributed by atoms with Crippen LogP contribution in [0.2, 0.25) is 0 Å². The number of benzene rings is 2. The van der Waals surface area contributed by atoms with Gasteiger partial charge in [-0.25, -0.2) is 18.5 Å². The average Bonchev–Trinajstić information content (AvgIpc) is 3.32. The van der Waals surface area contributed by atoms with E-state index in [4.69, 9.17) is 9.88 Å². The lowest BCUT2D eigenvalue weighted by Crippen LogP contribution is -2.29. The van der Waals surface area contributed by atoms with Crippen molar-refractivity contribution in [3.63, 3.8) is 0 Å². The minimum Gasteiger partial charge on any atom is -0.494 e. The Hall–Kier alpha value is -4.46. The summed E-state index contributed by atoms with van der Waals surface area (Å²) in [4.78, 5) is 25.3. The predicted octanol–water partition coefficient (Wildman–Crippen LogP) is 2.94. The number of nitrogens with zero attached hydrogens (tertiary/aromatic N) is 5. The molecule has 13 heteroatoms. The summed E-state index contributed by atoms with van der Waals surface area (Å²) >= 11 is 0. The zero-order chi connectivity index (χ0) is 29.0. The van der Waals surface area contributed by atoms with E-state index >= 15 is 0 Å². The number of likely N-dealkylation sites (N-methyl/N-ethyl adjacent to an activating group) is 2. The Morgan fingerprint density at radius 2 is 1.90 bits per heavy atom. The third-order valence-electron chi connectivity index (χ3n) is 6.17. The normalized spacial score (nSPS) is 11.4. The van der Waals surface area contributed by atoms with Gasteiger partial charge >= 0.3 is 0 Å². The number of carbonyl (C=O) groups excluding carboxylic acids is 1. The zero-order valence-corrected chi connectivity index (χ0v) is 23.6. The van der Waals surface area contributed by atoms with E-state index in [0.29, 0.717) is 40.4 Å². The minimum atomic E-state index is -3.97. The van der Waals surface area contributed by atoms with E-state index in [0.717, 1.165) is 12.2 Å². The number of hydrogen-bond donors (Lipinski definition) is 3. The summed E-state index contributed by atoms with van der Waals surface area (Å²) in [7, 11) is 3.49. The Labute approximate surface area is 233 Å². The van der Waals surface area contributed by atoms with Crippen LogP contribution in [-0.2, 0) is 14.8 Å². The van der Waals surface area contributed by atoms with Crippen LogP contribution in [0.4, 0.5) is 23.0 Å². The van der Waals surface area contributed by atoms with Gasteiger partial charge in [-0.15, -0.1) is 0 Å². The van der Waals surface area contributed by atoms with Gasteiger partial charge in [0.05, 0.1) is 29.7 Å². The van der Waals surface area contributed by atoms with Gasteiger partial charge in [0.2, 0.25) is 21.9 Å². The molecule has 2 heterocycles. The van der Waals surface area contributed by atoms with E-state index in [-0.39, 0.29) is 16.8 Å². The second kappa shape index (κ2) is 11.7. The van der Waals surface area contributed by atoms with E-state index in [1.807, 2.05) is 32.1 Å². The molecule has 4 aromatic rings. The highest BCUT2D eigenvalue weighted by molar-refractivity contribution is 7.89. The van der Waals surface area contributed by atoms with Crippen LogP contribution in [0.3, 0.4) is 0 Å². The lowest BCUT2D eigenvalue weighted by atomic mass is 10.2. The molecule has 0 bridgehead atoms. The fourth-order valence-corrected chi connectivity index (χ4v) is 4.87. The molecule has 0 aliphatic heterocycles. The van der Waals surface area contributed by atoms with Crippen LogP contribution in [0.5, 0.6) is 5.75 Å². The number of ether oxygens (including phenoxy) is 1. The number of nitrogens with one attached hydrogen (secondary N) is 2. The van der Waals surface area contributed by atoms with Crippen molar-refractivity contribution in [3.05, 3.63) is 67.5 Å². The van der Waals surface area contributed by atoms with Gasteiger partial charge in [0.25, 0.3) is 0 Å². The number of fused-ring (bicyclic) bond motifs is 1. The van der Waals surface area contributed by atoms with Gasteiger partial charge in [-0.1, -0.05) is 24.8 Å². The smallest absolute Gasteiger partial charge is 0.247 e. The fourth-order valence-electron chi connectivity index (χ4n) is 4.13. The SMILES string of the molecule is C=CC(=O)Nc1cc(Nc2nccc(-n3cc(S(N)(=O)=O)c4ccccc43)n2)c(OC)cc1N(C)CCN(C)C. The summed E-state index contributed by atoms with van der Waals surface area (Å²) < 4.78 is 31.7. The number of carbonyl (C=O) groups is 1. The molecule has 0 fully saturated rings. The Kier molecular flexibility index (Phi) is 8.38. The van der Waals surface area contributed by atoms with Crippen LogP contribution in [-0.4, -0.2) is 75.1 Å². The number of para-hydroxylation sites is 1. The molecule has 0 saturated carbocycles. The number of sulfonamides is 1. The molecule has 0 spiro atoms. The highest BCUT2D eigenvalue weighted by Crippen LogP contribution is 2.38. The minimum absolute atomic E-state index is 0.00512. The summed E-state index contributed by atoms with van der Waals surface area (Å²) in [5, 5.41) is 12.0. The first-order chi connectivity index (χ1) is 19.0. The Morgan fingerprint density at radius 3 is 2.58 bits per heavy atom. The maximum absolute atomic E-state index is 12.2. The number of amides is 1. The van der Waals surface area contributed by atoms with Crippen molar-refractivity contribution < 1.29 is 17.9 Å². The molecule has 0 unspecified atom stereocenters. The predicted molar refractivity (Wildman–Crippen MR) is 157 cm³/mol. The molecule has 2 aromatic carbocycles. The number of methoxy groups -OCH3 is 1. The fraction of sp³-hybridized carbons (Fsp3) is 0.222. The van der Waals surface area contributed by atoms with Crippen molar-refractivity contribution in [2.24, 2.45) is 5.14 Å². The van der Waals surface area contributed by atoms with Crippen LogP contribution in [0, 0.1) is 0 Å². The first-order valence-electron chi connectivity index (χ1n) is 12.3. The van der Waals surface area contributed by atoms with Crippen LogP contribution in [0.15, 0.2) is 72.4 Å². The second-order valence-electron chi connectivity index (χ2n) is 9.28. The zero-order valence-electron chi connectivity index (χ0n) is 22.7. The molecule has 210 valence electrons. The van der Waals surface area contributed by atoms with Gasteiger partial charge in [0.1, 0.15) is 16.5 Å². The molecule has 4 rings (SSSR count). The molecule has 0 saturated heterocycles. The van der Waals surface area contributed by atoms with Crippen molar-refractivity contribution in [3.8, 4) is 11.6 Å². The van der Waals surface area contributed by atoms with E-state index in [2.05, 4.69) is 32.1 Å². The molecule has 40 heavy (non-hydrogen) atoms. The number of aromatic nitrogens is 3. The number of nitrogens with two attached hydrogens (primary N) is 1. The second-order valence-corrected chi connectivity index (χ2v) is 10.8. The van der Waals surface area contributed by atoms with Gasteiger partial charge in [0.15, 0.2) is 0 Å². The number of primary sulfonamides is 1. The summed E-state index contributed by atoms with van der Waals surface area (Å²) in [5.41, 5.74) is 2.42. The summed E-state index contributed by atoms with van der Waals surface area (Å²) in [6, 6.07) is 12.2. The number of hydrogen-bond acceptors (Lipinski definition) is 9. The molecule has 0 atom stereocenters.